The second-order valence-corrected chi connectivity index (χ2v) is 4.47. The standard InChI is InChI=1S/C16H16N2O2/c1-2-3-8-15(19)14-7-5-10-18(16(14)20)12-13-6-4-9-17-11-13/h2,4-7,9-11H,1,3,8,12H2. The van der Waals surface area contributed by atoms with Crippen LogP contribution in [0.3, 0.4) is 0 Å². The molecule has 0 aliphatic rings. The minimum absolute atomic E-state index is 0.143. The topological polar surface area (TPSA) is 52.0 Å². The molecule has 2 heterocycles. The van der Waals surface area contributed by atoms with Crippen LogP contribution in [0.5, 0.6) is 0 Å². The van der Waals surface area contributed by atoms with E-state index in [9.17, 15) is 9.59 Å². The molecule has 0 fully saturated rings. The van der Waals surface area contributed by atoms with Gasteiger partial charge in [0.15, 0.2) is 5.78 Å². The summed E-state index contributed by atoms with van der Waals surface area (Å²) in [6.45, 7) is 3.99. The van der Waals surface area contributed by atoms with Gasteiger partial charge in [0.2, 0.25) is 0 Å². The number of aromatic nitrogens is 2. The highest BCUT2D eigenvalue weighted by Crippen LogP contribution is 2.03. The Hall–Kier alpha value is -2.49. The van der Waals surface area contributed by atoms with Crippen molar-refractivity contribution in [1.29, 1.82) is 0 Å². The van der Waals surface area contributed by atoms with Crippen LogP contribution in [-0.4, -0.2) is 15.3 Å². The van der Waals surface area contributed by atoms with E-state index < -0.39 is 0 Å². The molecule has 0 saturated carbocycles. The average molecular weight is 268 g/mol. The van der Waals surface area contributed by atoms with Crippen molar-refractivity contribution in [2.75, 3.05) is 0 Å². The quantitative estimate of drug-likeness (QED) is 0.597. The molecule has 0 aromatic carbocycles. The highest BCUT2D eigenvalue weighted by Gasteiger charge is 2.11. The molecule has 4 nitrogen and oxygen atoms in total. The third-order valence-corrected chi connectivity index (χ3v) is 2.97. The third kappa shape index (κ3) is 3.29. The SMILES string of the molecule is C=CCCC(=O)c1cccn(Cc2cccnc2)c1=O. The lowest BCUT2D eigenvalue weighted by Crippen LogP contribution is -2.26. The van der Waals surface area contributed by atoms with Crippen molar-refractivity contribution >= 4 is 5.78 Å². The van der Waals surface area contributed by atoms with E-state index in [4.69, 9.17) is 0 Å². The predicted octanol–water partition coefficient (Wildman–Crippen LogP) is 2.44. The number of pyridine rings is 2. The van der Waals surface area contributed by atoms with E-state index in [2.05, 4.69) is 11.6 Å². The first-order valence-corrected chi connectivity index (χ1v) is 6.45. The van der Waals surface area contributed by atoms with Crippen LogP contribution in [0.15, 0.2) is 60.3 Å². The number of carbonyl (C=O) groups is 1. The van der Waals surface area contributed by atoms with Gasteiger partial charge in [-0.05, 0) is 30.2 Å². The number of rotatable bonds is 6. The lowest BCUT2D eigenvalue weighted by atomic mass is 10.1. The van der Waals surface area contributed by atoms with Crippen LogP contribution in [0.4, 0.5) is 0 Å². The Labute approximate surface area is 117 Å². The zero-order valence-corrected chi connectivity index (χ0v) is 11.2. The molecule has 20 heavy (non-hydrogen) atoms. The van der Waals surface area contributed by atoms with Crippen molar-refractivity contribution in [1.82, 2.24) is 9.55 Å². The molecule has 0 amide bonds. The molecule has 0 saturated heterocycles. The Morgan fingerprint density at radius 3 is 2.90 bits per heavy atom. The van der Waals surface area contributed by atoms with E-state index in [-0.39, 0.29) is 16.9 Å². The molecule has 102 valence electrons. The fourth-order valence-electron chi connectivity index (χ4n) is 1.93. The molecule has 0 unspecified atom stereocenters. The van der Waals surface area contributed by atoms with Crippen molar-refractivity contribution in [3.63, 3.8) is 0 Å². The second kappa shape index (κ2) is 6.61. The molecular formula is C16H16N2O2. The van der Waals surface area contributed by atoms with Gasteiger partial charge in [0.05, 0.1) is 12.1 Å². The number of nitrogens with zero attached hydrogens (tertiary/aromatic N) is 2. The summed E-state index contributed by atoms with van der Waals surface area (Å²) >= 11 is 0. The van der Waals surface area contributed by atoms with Gasteiger partial charge in [-0.15, -0.1) is 6.58 Å². The van der Waals surface area contributed by atoms with Crippen molar-refractivity contribution in [3.8, 4) is 0 Å². The largest absolute Gasteiger partial charge is 0.310 e. The van der Waals surface area contributed by atoms with Gasteiger partial charge in [0.1, 0.15) is 0 Å². The molecular weight excluding hydrogens is 252 g/mol. The summed E-state index contributed by atoms with van der Waals surface area (Å²) in [5.74, 6) is -0.143. The van der Waals surface area contributed by atoms with E-state index >= 15 is 0 Å². The number of carbonyl (C=O) groups excluding carboxylic acids is 1. The van der Waals surface area contributed by atoms with Gasteiger partial charge < -0.3 is 4.57 Å². The molecule has 0 spiro atoms. The maximum absolute atomic E-state index is 12.3. The Bertz CT molecular complexity index is 660. The summed E-state index contributed by atoms with van der Waals surface area (Å²) in [6, 6.07) is 7.01. The van der Waals surface area contributed by atoms with E-state index in [1.165, 1.54) is 4.57 Å². The molecule has 0 N–H and O–H groups in total. The molecule has 4 heteroatoms. The number of hydrogen-bond donors (Lipinski definition) is 0. The average Bonchev–Trinajstić information content (AvgIpc) is 2.48. The first kappa shape index (κ1) is 13.9. The molecule has 0 atom stereocenters. The van der Waals surface area contributed by atoms with Crippen molar-refractivity contribution in [3.05, 3.63) is 77.0 Å². The maximum Gasteiger partial charge on any atom is 0.261 e. The maximum atomic E-state index is 12.3. The number of ketones is 1. The van der Waals surface area contributed by atoms with Crippen LogP contribution in [0, 0.1) is 0 Å². The highest BCUT2D eigenvalue weighted by atomic mass is 16.1. The van der Waals surface area contributed by atoms with E-state index in [0.717, 1.165) is 5.56 Å². The number of allylic oxidation sites excluding steroid dienone is 1. The van der Waals surface area contributed by atoms with Crippen LogP contribution >= 0.6 is 0 Å². The van der Waals surface area contributed by atoms with Gasteiger partial charge in [-0.25, -0.2) is 0 Å². The summed E-state index contributed by atoms with van der Waals surface area (Å²) in [5, 5.41) is 0. The van der Waals surface area contributed by atoms with Gasteiger partial charge in [-0.3, -0.25) is 14.6 Å². The van der Waals surface area contributed by atoms with Gasteiger partial charge in [0, 0.05) is 25.0 Å². The lowest BCUT2D eigenvalue weighted by Gasteiger charge is -2.07. The Kier molecular flexibility index (Phi) is 4.60. The first-order valence-electron chi connectivity index (χ1n) is 6.45. The predicted molar refractivity (Wildman–Crippen MR) is 77.8 cm³/mol. The Balaban J connectivity index is 2.26. The van der Waals surface area contributed by atoms with Gasteiger partial charge in [-0.2, -0.15) is 0 Å². The number of Topliss-reactive ketones (excluding diaryl/α,β-unsaturated/α-hetero) is 1. The number of hydrogen-bond acceptors (Lipinski definition) is 3. The van der Waals surface area contributed by atoms with Crippen molar-refractivity contribution in [2.24, 2.45) is 0 Å². The molecule has 0 aliphatic carbocycles. The lowest BCUT2D eigenvalue weighted by molar-refractivity contribution is 0.0981. The summed E-state index contributed by atoms with van der Waals surface area (Å²) in [5.41, 5.74) is 0.897. The third-order valence-electron chi connectivity index (χ3n) is 2.97. The van der Waals surface area contributed by atoms with Crippen molar-refractivity contribution < 1.29 is 4.79 Å². The van der Waals surface area contributed by atoms with Crippen molar-refractivity contribution in [2.45, 2.75) is 19.4 Å². The molecule has 2 aromatic heterocycles. The molecule has 0 aliphatic heterocycles. The normalized spacial score (nSPS) is 10.2. The molecule has 0 bridgehead atoms. The van der Waals surface area contributed by atoms with E-state index in [1.54, 1.807) is 36.8 Å². The zero-order chi connectivity index (χ0) is 14.4. The second-order valence-electron chi connectivity index (χ2n) is 4.47. The molecule has 0 radical (unpaired) electrons. The van der Waals surface area contributed by atoms with E-state index in [0.29, 0.717) is 19.4 Å². The summed E-state index contributed by atoms with van der Waals surface area (Å²) < 4.78 is 1.53. The highest BCUT2D eigenvalue weighted by molar-refractivity contribution is 5.95. The monoisotopic (exact) mass is 268 g/mol. The van der Waals surface area contributed by atoms with Crippen LogP contribution in [-0.2, 0) is 6.54 Å². The van der Waals surface area contributed by atoms with Gasteiger partial charge in [-0.1, -0.05) is 12.1 Å². The van der Waals surface area contributed by atoms with Crippen LogP contribution in [0.2, 0.25) is 0 Å². The van der Waals surface area contributed by atoms with Crippen LogP contribution < -0.4 is 5.56 Å². The Morgan fingerprint density at radius 1 is 1.35 bits per heavy atom. The van der Waals surface area contributed by atoms with Gasteiger partial charge >= 0.3 is 0 Å². The van der Waals surface area contributed by atoms with Crippen LogP contribution in [0.25, 0.3) is 0 Å². The summed E-state index contributed by atoms with van der Waals surface area (Å²) in [6.07, 6.45) is 7.64. The minimum atomic E-state index is -0.259. The summed E-state index contributed by atoms with van der Waals surface area (Å²) in [4.78, 5) is 28.2. The molecule has 2 rings (SSSR count). The fourth-order valence-corrected chi connectivity index (χ4v) is 1.93. The minimum Gasteiger partial charge on any atom is -0.310 e. The fraction of sp³-hybridized carbons (Fsp3) is 0.188. The summed E-state index contributed by atoms with van der Waals surface area (Å²) in [7, 11) is 0. The van der Waals surface area contributed by atoms with Crippen LogP contribution in [0.1, 0.15) is 28.8 Å². The first-order chi connectivity index (χ1) is 9.72. The zero-order valence-electron chi connectivity index (χ0n) is 11.2. The smallest absolute Gasteiger partial charge is 0.261 e. The van der Waals surface area contributed by atoms with E-state index in [1.807, 2.05) is 12.1 Å². The molecule has 2 aromatic rings. The van der Waals surface area contributed by atoms with Gasteiger partial charge in [0.25, 0.3) is 5.56 Å². The Morgan fingerprint density at radius 2 is 2.20 bits per heavy atom.